The highest BCUT2D eigenvalue weighted by Crippen LogP contribution is 2.30. The van der Waals surface area contributed by atoms with Crippen molar-refractivity contribution in [2.75, 3.05) is 0 Å². The second-order valence-electron chi connectivity index (χ2n) is 6.37. The highest BCUT2D eigenvalue weighted by Gasteiger charge is 2.30. The zero-order chi connectivity index (χ0) is 22.1. The van der Waals surface area contributed by atoms with Gasteiger partial charge in [-0.3, -0.25) is 30.6 Å². The number of nitrogens with zero attached hydrogens (tertiary/aromatic N) is 1. The largest absolute Gasteiger partial charge is 0.271 e. The molecule has 1 aliphatic carbocycles. The molecule has 0 aliphatic heterocycles. The van der Waals surface area contributed by atoms with Crippen molar-refractivity contribution in [1.29, 1.82) is 0 Å². The molecule has 1 aliphatic rings. The fourth-order valence-electron chi connectivity index (χ4n) is 2.41. The van der Waals surface area contributed by atoms with Crippen LogP contribution in [0.1, 0.15) is 33.6 Å². The van der Waals surface area contributed by atoms with Gasteiger partial charge in [0.15, 0.2) is 0 Å². The Bertz CT molecular complexity index is 1150. The van der Waals surface area contributed by atoms with Gasteiger partial charge in [0, 0.05) is 23.7 Å². The molecule has 0 atom stereocenters. The Hall–Kier alpha value is -2.73. The first-order valence-corrected chi connectivity index (χ1v) is 10.7. The van der Waals surface area contributed by atoms with E-state index in [9.17, 15) is 28.1 Å². The Morgan fingerprint density at radius 2 is 1.70 bits per heavy atom. The second-order valence-corrected chi connectivity index (χ2v) is 8.87. The van der Waals surface area contributed by atoms with Crippen LogP contribution in [-0.2, 0) is 10.0 Å². The highest BCUT2D eigenvalue weighted by atomic mass is 35.5. The topological polar surface area (TPSA) is 148 Å². The molecule has 10 nitrogen and oxygen atoms in total. The van der Waals surface area contributed by atoms with Gasteiger partial charge in [0.2, 0.25) is 10.0 Å². The van der Waals surface area contributed by atoms with Crippen LogP contribution >= 0.6 is 23.2 Å². The number of hydrogen-bond acceptors (Lipinski definition) is 6. The van der Waals surface area contributed by atoms with E-state index in [4.69, 9.17) is 23.2 Å². The van der Waals surface area contributed by atoms with Crippen molar-refractivity contribution in [3.05, 3.63) is 67.7 Å². The van der Waals surface area contributed by atoms with E-state index in [0.717, 1.165) is 18.2 Å². The minimum absolute atomic E-state index is 0.0661. The lowest BCUT2D eigenvalue weighted by molar-refractivity contribution is -0.384. The van der Waals surface area contributed by atoms with E-state index in [0.29, 0.717) is 12.8 Å². The van der Waals surface area contributed by atoms with Gasteiger partial charge in [0.25, 0.3) is 17.5 Å². The molecule has 1 saturated carbocycles. The number of benzene rings is 2. The van der Waals surface area contributed by atoms with E-state index in [1.165, 1.54) is 18.2 Å². The van der Waals surface area contributed by atoms with E-state index >= 15 is 0 Å². The van der Waals surface area contributed by atoms with Gasteiger partial charge in [-0.25, -0.2) is 13.1 Å². The monoisotopic (exact) mass is 472 g/mol. The van der Waals surface area contributed by atoms with E-state index in [1.54, 1.807) is 0 Å². The highest BCUT2D eigenvalue weighted by molar-refractivity contribution is 7.89. The van der Waals surface area contributed by atoms with E-state index < -0.39 is 26.8 Å². The zero-order valence-corrected chi connectivity index (χ0v) is 17.3. The van der Waals surface area contributed by atoms with Crippen LogP contribution in [0, 0.1) is 10.1 Å². The van der Waals surface area contributed by atoms with Crippen LogP contribution in [0.2, 0.25) is 10.0 Å². The van der Waals surface area contributed by atoms with E-state index in [2.05, 4.69) is 15.6 Å². The first kappa shape index (κ1) is 22.0. The molecule has 0 bridgehead atoms. The Kier molecular flexibility index (Phi) is 6.27. The Morgan fingerprint density at radius 1 is 1.03 bits per heavy atom. The van der Waals surface area contributed by atoms with Crippen LogP contribution in [0.15, 0.2) is 41.3 Å². The van der Waals surface area contributed by atoms with Crippen molar-refractivity contribution in [3.63, 3.8) is 0 Å². The van der Waals surface area contributed by atoms with Crippen LogP contribution in [0.25, 0.3) is 0 Å². The van der Waals surface area contributed by atoms with Crippen molar-refractivity contribution < 1.29 is 22.9 Å². The van der Waals surface area contributed by atoms with Crippen LogP contribution < -0.4 is 15.6 Å². The summed E-state index contributed by atoms with van der Waals surface area (Å²) in [6.07, 6.45) is 1.42. The molecule has 158 valence electrons. The second kappa shape index (κ2) is 8.56. The van der Waals surface area contributed by atoms with Gasteiger partial charge in [-0.1, -0.05) is 29.3 Å². The average Bonchev–Trinajstić information content (AvgIpc) is 3.49. The molecule has 0 saturated heterocycles. The maximum absolute atomic E-state index is 12.4. The minimum Gasteiger partial charge on any atom is -0.267 e. The number of carbonyl (C=O) groups excluding carboxylic acids is 2. The normalized spacial score (nSPS) is 13.5. The van der Waals surface area contributed by atoms with E-state index in [-0.39, 0.29) is 37.8 Å². The number of nitro benzene ring substituents is 1. The molecular weight excluding hydrogens is 459 g/mol. The lowest BCUT2D eigenvalue weighted by atomic mass is 10.2. The quantitative estimate of drug-likeness (QED) is 0.434. The lowest BCUT2D eigenvalue weighted by Gasteiger charge is -2.12. The molecule has 13 heteroatoms. The first-order valence-electron chi connectivity index (χ1n) is 8.45. The van der Waals surface area contributed by atoms with Gasteiger partial charge >= 0.3 is 0 Å². The van der Waals surface area contributed by atoms with E-state index in [1.807, 2.05) is 0 Å². The van der Waals surface area contributed by atoms with Gasteiger partial charge in [-0.2, -0.15) is 0 Å². The summed E-state index contributed by atoms with van der Waals surface area (Å²) in [5.74, 6) is -1.72. The first-order chi connectivity index (χ1) is 14.1. The summed E-state index contributed by atoms with van der Waals surface area (Å²) in [6, 6.07) is 6.82. The summed E-state index contributed by atoms with van der Waals surface area (Å²) in [5.41, 5.74) is 3.57. The van der Waals surface area contributed by atoms with Crippen molar-refractivity contribution >= 4 is 50.7 Å². The summed E-state index contributed by atoms with van der Waals surface area (Å²) >= 11 is 12.0. The number of non-ortho nitro benzene ring substituents is 1. The molecule has 3 rings (SSSR count). The third kappa shape index (κ3) is 5.05. The van der Waals surface area contributed by atoms with Gasteiger partial charge < -0.3 is 0 Å². The molecule has 2 amide bonds. The molecule has 3 N–H and O–H groups in total. The predicted octanol–water partition coefficient (Wildman–Crippen LogP) is 2.42. The molecule has 2 aromatic rings. The van der Waals surface area contributed by atoms with Crippen molar-refractivity contribution in [1.82, 2.24) is 15.6 Å². The van der Waals surface area contributed by atoms with Crippen LogP contribution in [0.3, 0.4) is 0 Å². The number of amides is 2. The van der Waals surface area contributed by atoms with Gasteiger partial charge in [-0.05, 0) is 31.0 Å². The molecular formula is C17H14Cl2N4O6S. The van der Waals surface area contributed by atoms with Crippen molar-refractivity contribution in [3.8, 4) is 0 Å². The summed E-state index contributed by atoms with van der Waals surface area (Å²) < 4.78 is 27.3. The molecule has 2 aromatic carbocycles. The maximum Gasteiger partial charge on any atom is 0.271 e. The molecule has 0 radical (unpaired) electrons. The SMILES string of the molecule is O=C(NNC(=O)c1cc(S(=O)(=O)NC2CC2)c(Cl)cc1Cl)c1cccc([N+](=O)[O-])c1. The summed E-state index contributed by atoms with van der Waals surface area (Å²) in [5, 5.41) is 10.5. The predicted molar refractivity (Wildman–Crippen MR) is 108 cm³/mol. The molecule has 0 spiro atoms. The number of sulfonamides is 1. The van der Waals surface area contributed by atoms with Crippen molar-refractivity contribution in [2.45, 2.75) is 23.8 Å². The summed E-state index contributed by atoms with van der Waals surface area (Å²) in [4.78, 5) is 34.4. The number of halogens is 2. The number of hydrazine groups is 1. The molecule has 0 unspecified atom stereocenters. The molecule has 0 aromatic heterocycles. The third-order valence-electron chi connectivity index (χ3n) is 4.06. The standard InChI is InChI=1S/C17H14Cl2N4O6S/c18-13-8-14(19)15(30(28,29)22-10-4-5-10)7-12(13)17(25)21-20-16(24)9-2-1-3-11(6-9)23(26)27/h1-3,6-8,10,22H,4-5H2,(H,20,24)(H,21,25). The average molecular weight is 473 g/mol. The fraction of sp³-hybridized carbons (Fsp3) is 0.176. The fourth-order valence-corrected chi connectivity index (χ4v) is 4.57. The minimum atomic E-state index is -3.96. The number of nitro groups is 1. The zero-order valence-electron chi connectivity index (χ0n) is 15.0. The third-order valence-corrected chi connectivity index (χ3v) is 6.36. The Balaban J connectivity index is 1.76. The van der Waals surface area contributed by atoms with Crippen LogP contribution in [0.4, 0.5) is 5.69 Å². The Morgan fingerprint density at radius 3 is 2.33 bits per heavy atom. The maximum atomic E-state index is 12.4. The number of rotatable bonds is 6. The summed E-state index contributed by atoms with van der Waals surface area (Å²) in [7, 11) is -3.96. The van der Waals surface area contributed by atoms with Crippen LogP contribution in [-0.4, -0.2) is 31.2 Å². The van der Waals surface area contributed by atoms with Gasteiger partial charge in [0.05, 0.1) is 20.5 Å². The van der Waals surface area contributed by atoms with Gasteiger partial charge in [-0.15, -0.1) is 0 Å². The number of nitrogens with one attached hydrogen (secondary N) is 3. The molecule has 1 fully saturated rings. The van der Waals surface area contributed by atoms with Crippen molar-refractivity contribution in [2.24, 2.45) is 0 Å². The van der Waals surface area contributed by atoms with Crippen LogP contribution in [0.5, 0.6) is 0 Å². The number of hydrogen-bond donors (Lipinski definition) is 3. The lowest BCUT2D eigenvalue weighted by Crippen LogP contribution is -2.41. The molecule has 30 heavy (non-hydrogen) atoms. The summed E-state index contributed by atoms with van der Waals surface area (Å²) in [6.45, 7) is 0. The smallest absolute Gasteiger partial charge is 0.267 e. The molecule has 0 heterocycles. The Labute approximate surface area is 180 Å². The van der Waals surface area contributed by atoms with Gasteiger partial charge in [0.1, 0.15) is 4.90 Å². The number of carbonyl (C=O) groups is 2.